The first-order chi connectivity index (χ1) is 8.65. The quantitative estimate of drug-likeness (QED) is 0.741. The van der Waals surface area contributed by atoms with Gasteiger partial charge in [0.25, 0.3) is 0 Å². The first kappa shape index (κ1) is 12.8. The molecule has 0 aromatic carbocycles. The van der Waals surface area contributed by atoms with Crippen LogP contribution in [0.3, 0.4) is 0 Å². The Hall–Kier alpha value is -1.62. The van der Waals surface area contributed by atoms with Gasteiger partial charge in [-0.05, 0) is 25.0 Å². The van der Waals surface area contributed by atoms with Gasteiger partial charge in [0.1, 0.15) is 5.82 Å². The maximum Gasteiger partial charge on any atom is 0.337 e. The third-order valence-electron chi connectivity index (χ3n) is 3.65. The molecule has 0 atom stereocenters. The highest BCUT2D eigenvalue weighted by atomic mass is 16.4. The number of aromatic carboxylic acids is 1. The SMILES string of the molecule is O=C(O)c1ccc(NCC2(CO)CCCC2)nc1. The number of anilines is 1. The van der Waals surface area contributed by atoms with E-state index < -0.39 is 5.97 Å². The lowest BCUT2D eigenvalue weighted by Gasteiger charge is -2.26. The molecule has 1 heterocycles. The van der Waals surface area contributed by atoms with E-state index in [1.807, 2.05) is 0 Å². The minimum Gasteiger partial charge on any atom is -0.478 e. The third kappa shape index (κ3) is 2.79. The number of carboxylic acids is 1. The number of pyridine rings is 1. The van der Waals surface area contributed by atoms with Crippen molar-refractivity contribution in [2.75, 3.05) is 18.5 Å². The van der Waals surface area contributed by atoms with E-state index in [1.54, 1.807) is 6.07 Å². The molecule has 1 aromatic rings. The fraction of sp³-hybridized carbons (Fsp3) is 0.538. The second kappa shape index (κ2) is 5.35. The zero-order valence-corrected chi connectivity index (χ0v) is 10.2. The monoisotopic (exact) mass is 250 g/mol. The second-order valence-electron chi connectivity index (χ2n) is 4.96. The molecule has 0 amide bonds. The van der Waals surface area contributed by atoms with Crippen LogP contribution in [0.4, 0.5) is 5.82 Å². The van der Waals surface area contributed by atoms with Gasteiger partial charge in [-0.1, -0.05) is 12.8 Å². The molecule has 0 aliphatic heterocycles. The van der Waals surface area contributed by atoms with Gasteiger partial charge < -0.3 is 15.5 Å². The van der Waals surface area contributed by atoms with E-state index in [0.717, 1.165) is 25.7 Å². The summed E-state index contributed by atoms with van der Waals surface area (Å²) in [5.41, 5.74) is 0.144. The van der Waals surface area contributed by atoms with Gasteiger partial charge in [0, 0.05) is 18.2 Å². The van der Waals surface area contributed by atoms with Crippen molar-refractivity contribution in [2.24, 2.45) is 5.41 Å². The predicted octanol–water partition coefficient (Wildman–Crippen LogP) is 1.74. The summed E-state index contributed by atoms with van der Waals surface area (Å²) in [6.45, 7) is 0.871. The summed E-state index contributed by atoms with van der Waals surface area (Å²) in [7, 11) is 0. The summed E-state index contributed by atoms with van der Waals surface area (Å²) in [4.78, 5) is 14.7. The van der Waals surface area contributed by atoms with E-state index >= 15 is 0 Å². The zero-order valence-electron chi connectivity index (χ0n) is 10.2. The molecule has 0 spiro atoms. The van der Waals surface area contributed by atoms with Crippen molar-refractivity contribution in [1.29, 1.82) is 0 Å². The van der Waals surface area contributed by atoms with Crippen LogP contribution in [-0.2, 0) is 0 Å². The van der Waals surface area contributed by atoms with Crippen LogP contribution in [0.25, 0.3) is 0 Å². The van der Waals surface area contributed by atoms with Gasteiger partial charge >= 0.3 is 5.97 Å². The van der Waals surface area contributed by atoms with Crippen LogP contribution in [0.2, 0.25) is 0 Å². The van der Waals surface area contributed by atoms with Gasteiger partial charge in [0.05, 0.1) is 12.2 Å². The Labute approximate surface area is 106 Å². The molecule has 0 bridgehead atoms. The molecule has 98 valence electrons. The lowest BCUT2D eigenvalue weighted by molar-refractivity contribution is 0.0696. The maximum absolute atomic E-state index is 10.7. The molecule has 0 radical (unpaired) electrons. The number of rotatable bonds is 5. The molecule has 0 unspecified atom stereocenters. The molecule has 2 rings (SSSR count). The second-order valence-corrected chi connectivity index (χ2v) is 4.96. The number of nitrogens with one attached hydrogen (secondary N) is 1. The Morgan fingerprint density at radius 3 is 2.61 bits per heavy atom. The molecule has 18 heavy (non-hydrogen) atoms. The van der Waals surface area contributed by atoms with Gasteiger partial charge in [0.2, 0.25) is 0 Å². The highest BCUT2D eigenvalue weighted by Gasteiger charge is 2.32. The van der Waals surface area contributed by atoms with Gasteiger partial charge in [0.15, 0.2) is 0 Å². The van der Waals surface area contributed by atoms with Crippen molar-refractivity contribution in [3.8, 4) is 0 Å². The number of carboxylic acid groups (broad SMARTS) is 1. The fourth-order valence-corrected chi connectivity index (χ4v) is 2.42. The highest BCUT2D eigenvalue weighted by molar-refractivity contribution is 5.87. The largest absolute Gasteiger partial charge is 0.478 e. The summed E-state index contributed by atoms with van der Waals surface area (Å²) in [5.74, 6) is -0.323. The number of carbonyl (C=O) groups is 1. The molecule has 5 nitrogen and oxygen atoms in total. The summed E-state index contributed by atoms with van der Waals surface area (Å²) >= 11 is 0. The molecule has 5 heteroatoms. The predicted molar refractivity (Wildman–Crippen MR) is 67.7 cm³/mol. The van der Waals surface area contributed by atoms with Gasteiger partial charge in [-0.2, -0.15) is 0 Å². The summed E-state index contributed by atoms with van der Waals surface area (Å²) < 4.78 is 0. The first-order valence-corrected chi connectivity index (χ1v) is 6.19. The molecule has 1 aromatic heterocycles. The molecular formula is C13H18N2O3. The van der Waals surface area contributed by atoms with E-state index in [9.17, 15) is 9.90 Å². The van der Waals surface area contributed by atoms with E-state index in [4.69, 9.17) is 5.11 Å². The standard InChI is InChI=1S/C13H18N2O3/c16-9-13(5-1-2-6-13)8-15-11-4-3-10(7-14-11)12(17)18/h3-4,7,16H,1-2,5-6,8-9H2,(H,14,15)(H,17,18). The van der Waals surface area contributed by atoms with Crippen LogP contribution < -0.4 is 5.32 Å². The normalized spacial score (nSPS) is 17.6. The Morgan fingerprint density at radius 2 is 2.11 bits per heavy atom. The van der Waals surface area contributed by atoms with Crippen LogP contribution in [0.15, 0.2) is 18.3 Å². The number of hydrogen-bond donors (Lipinski definition) is 3. The summed E-state index contributed by atoms with van der Waals surface area (Å²) in [5, 5.41) is 21.4. The number of aliphatic hydroxyl groups excluding tert-OH is 1. The van der Waals surface area contributed by atoms with Crippen LogP contribution in [0.1, 0.15) is 36.0 Å². The average molecular weight is 250 g/mol. The lowest BCUT2D eigenvalue weighted by Crippen LogP contribution is -2.30. The number of hydrogen-bond acceptors (Lipinski definition) is 4. The third-order valence-corrected chi connectivity index (χ3v) is 3.65. The smallest absolute Gasteiger partial charge is 0.337 e. The molecule has 1 saturated carbocycles. The summed E-state index contributed by atoms with van der Waals surface area (Å²) in [6.07, 6.45) is 5.72. The van der Waals surface area contributed by atoms with E-state index in [1.165, 1.54) is 12.3 Å². The van der Waals surface area contributed by atoms with E-state index in [-0.39, 0.29) is 17.6 Å². The minimum absolute atomic E-state index is 0.0346. The van der Waals surface area contributed by atoms with Crippen molar-refractivity contribution in [2.45, 2.75) is 25.7 Å². The van der Waals surface area contributed by atoms with Crippen LogP contribution in [0.5, 0.6) is 0 Å². The van der Waals surface area contributed by atoms with Crippen molar-refractivity contribution in [3.05, 3.63) is 23.9 Å². The molecule has 1 aliphatic carbocycles. The minimum atomic E-state index is -0.975. The number of aliphatic hydroxyl groups is 1. The summed E-state index contributed by atoms with van der Waals surface area (Å²) in [6, 6.07) is 3.18. The highest BCUT2D eigenvalue weighted by Crippen LogP contribution is 2.37. The number of nitrogens with zero attached hydrogens (tertiary/aromatic N) is 1. The Morgan fingerprint density at radius 1 is 1.39 bits per heavy atom. The van der Waals surface area contributed by atoms with Crippen molar-refractivity contribution in [1.82, 2.24) is 4.98 Å². The average Bonchev–Trinajstić information content (AvgIpc) is 2.86. The maximum atomic E-state index is 10.7. The zero-order chi connectivity index (χ0) is 13.0. The van der Waals surface area contributed by atoms with Gasteiger partial charge in [-0.15, -0.1) is 0 Å². The van der Waals surface area contributed by atoms with Crippen molar-refractivity contribution >= 4 is 11.8 Å². The first-order valence-electron chi connectivity index (χ1n) is 6.19. The van der Waals surface area contributed by atoms with Crippen molar-refractivity contribution < 1.29 is 15.0 Å². The molecule has 0 saturated heterocycles. The van der Waals surface area contributed by atoms with Crippen LogP contribution in [-0.4, -0.2) is 34.3 Å². The van der Waals surface area contributed by atoms with Crippen LogP contribution >= 0.6 is 0 Å². The molecule has 3 N–H and O–H groups in total. The fourth-order valence-electron chi connectivity index (χ4n) is 2.42. The molecule has 1 aliphatic rings. The topological polar surface area (TPSA) is 82.5 Å². The van der Waals surface area contributed by atoms with Gasteiger partial charge in [-0.3, -0.25) is 0 Å². The molecular weight excluding hydrogens is 232 g/mol. The number of aromatic nitrogens is 1. The van der Waals surface area contributed by atoms with E-state index in [2.05, 4.69) is 10.3 Å². The molecule has 1 fully saturated rings. The Kier molecular flexibility index (Phi) is 3.81. The van der Waals surface area contributed by atoms with Crippen LogP contribution in [0, 0.1) is 5.41 Å². The lowest BCUT2D eigenvalue weighted by atomic mass is 9.87. The van der Waals surface area contributed by atoms with Crippen molar-refractivity contribution in [3.63, 3.8) is 0 Å². The van der Waals surface area contributed by atoms with Gasteiger partial charge in [-0.25, -0.2) is 9.78 Å². The Balaban J connectivity index is 1.95. The van der Waals surface area contributed by atoms with E-state index in [0.29, 0.717) is 12.4 Å². The Bertz CT molecular complexity index is 411.